The standard InChI is InChI=1S/C16H11Cl3N2O6S4/c1-7-14(13(16(22)23)29-15(7)19)31(26,27)21-11-6-9(18)8(17)5-10(11)20-30(24,25)12-3-2-4-28-12/h2-6,20-21H,1H3,(H,22,23). The molecule has 0 aliphatic heterocycles. The summed E-state index contributed by atoms with van der Waals surface area (Å²) >= 11 is 19.5. The van der Waals surface area contributed by atoms with Crippen LogP contribution in [-0.4, -0.2) is 27.9 Å². The van der Waals surface area contributed by atoms with Gasteiger partial charge >= 0.3 is 5.97 Å². The second-order valence-electron chi connectivity index (χ2n) is 5.92. The number of halogens is 3. The highest BCUT2D eigenvalue weighted by Gasteiger charge is 2.30. The molecule has 0 aliphatic carbocycles. The molecular weight excluding hydrogens is 551 g/mol. The number of nitrogens with one attached hydrogen (secondary N) is 2. The molecule has 2 aromatic heterocycles. The number of hydrogen-bond donors (Lipinski definition) is 3. The molecule has 3 rings (SSSR count). The Hall–Kier alpha value is -1.54. The summed E-state index contributed by atoms with van der Waals surface area (Å²) in [6, 6.07) is 5.15. The molecule has 166 valence electrons. The van der Waals surface area contributed by atoms with Crippen molar-refractivity contribution in [3.8, 4) is 0 Å². The minimum Gasteiger partial charge on any atom is -0.477 e. The van der Waals surface area contributed by atoms with Crippen molar-refractivity contribution in [2.45, 2.75) is 16.0 Å². The molecule has 31 heavy (non-hydrogen) atoms. The maximum Gasteiger partial charge on any atom is 0.347 e. The summed E-state index contributed by atoms with van der Waals surface area (Å²) in [6.45, 7) is 1.36. The van der Waals surface area contributed by atoms with E-state index in [4.69, 9.17) is 34.8 Å². The molecular formula is C16H11Cl3N2O6S4. The van der Waals surface area contributed by atoms with Crippen LogP contribution >= 0.6 is 57.5 Å². The molecule has 0 amide bonds. The third-order valence-corrected chi connectivity index (χ3v) is 10.5. The molecule has 0 saturated carbocycles. The van der Waals surface area contributed by atoms with Gasteiger partial charge in [0, 0.05) is 5.56 Å². The lowest BCUT2D eigenvalue weighted by molar-refractivity contribution is 0.0698. The summed E-state index contributed by atoms with van der Waals surface area (Å²) in [5, 5.41) is 10.8. The van der Waals surface area contributed by atoms with Crippen LogP contribution in [-0.2, 0) is 20.0 Å². The molecule has 0 unspecified atom stereocenters. The summed E-state index contributed by atoms with van der Waals surface area (Å²) < 4.78 is 55.7. The minimum atomic E-state index is -4.50. The van der Waals surface area contributed by atoms with Crippen LogP contribution in [0.25, 0.3) is 0 Å². The maximum absolute atomic E-state index is 13.0. The van der Waals surface area contributed by atoms with E-state index in [9.17, 15) is 26.7 Å². The van der Waals surface area contributed by atoms with Crippen molar-refractivity contribution < 1.29 is 26.7 Å². The number of sulfonamides is 2. The summed E-state index contributed by atoms with van der Waals surface area (Å²) in [5.41, 5.74) is -0.424. The number of anilines is 2. The van der Waals surface area contributed by atoms with Crippen molar-refractivity contribution in [3.63, 3.8) is 0 Å². The van der Waals surface area contributed by atoms with Gasteiger partial charge in [-0.15, -0.1) is 22.7 Å². The second-order valence-corrected chi connectivity index (χ2v) is 12.8. The predicted molar refractivity (Wildman–Crippen MR) is 123 cm³/mol. The Kier molecular flexibility index (Phi) is 6.82. The summed E-state index contributed by atoms with van der Waals surface area (Å²) in [5.74, 6) is -1.48. The number of rotatable bonds is 7. The van der Waals surface area contributed by atoms with Crippen LogP contribution in [0.4, 0.5) is 11.4 Å². The van der Waals surface area contributed by atoms with E-state index in [1.165, 1.54) is 19.1 Å². The first-order valence-electron chi connectivity index (χ1n) is 7.94. The monoisotopic (exact) mass is 560 g/mol. The molecule has 2 heterocycles. The Morgan fingerprint density at radius 3 is 2.03 bits per heavy atom. The number of carbonyl (C=O) groups is 1. The van der Waals surface area contributed by atoms with Crippen LogP contribution in [0.5, 0.6) is 0 Å². The van der Waals surface area contributed by atoms with Crippen molar-refractivity contribution >= 4 is 94.9 Å². The summed E-state index contributed by atoms with van der Waals surface area (Å²) in [6.07, 6.45) is 0. The van der Waals surface area contributed by atoms with Crippen molar-refractivity contribution in [3.05, 3.63) is 54.5 Å². The zero-order valence-corrected chi connectivity index (χ0v) is 20.7. The lowest BCUT2D eigenvalue weighted by Crippen LogP contribution is -2.19. The van der Waals surface area contributed by atoms with Crippen molar-refractivity contribution in [2.75, 3.05) is 9.44 Å². The van der Waals surface area contributed by atoms with Gasteiger partial charge in [0.25, 0.3) is 20.0 Å². The van der Waals surface area contributed by atoms with E-state index in [2.05, 4.69) is 9.44 Å². The van der Waals surface area contributed by atoms with Crippen LogP contribution in [0.1, 0.15) is 15.2 Å². The number of benzene rings is 1. The highest BCUT2D eigenvalue weighted by atomic mass is 35.5. The van der Waals surface area contributed by atoms with E-state index in [0.29, 0.717) is 11.3 Å². The van der Waals surface area contributed by atoms with Gasteiger partial charge < -0.3 is 5.11 Å². The van der Waals surface area contributed by atoms with Gasteiger partial charge in [0.05, 0.1) is 25.8 Å². The molecule has 8 nitrogen and oxygen atoms in total. The Bertz CT molecular complexity index is 1380. The summed E-state index contributed by atoms with van der Waals surface area (Å²) in [7, 11) is -8.55. The van der Waals surface area contributed by atoms with Gasteiger partial charge in [-0.05, 0) is 30.5 Å². The number of thiophene rings is 2. The third kappa shape index (κ3) is 4.95. The third-order valence-electron chi connectivity index (χ3n) is 3.81. The number of carboxylic acid groups (broad SMARTS) is 1. The van der Waals surface area contributed by atoms with Gasteiger partial charge in [-0.2, -0.15) is 0 Å². The van der Waals surface area contributed by atoms with E-state index >= 15 is 0 Å². The van der Waals surface area contributed by atoms with Gasteiger partial charge in [-0.25, -0.2) is 21.6 Å². The van der Waals surface area contributed by atoms with Gasteiger partial charge in [0.2, 0.25) is 0 Å². The minimum absolute atomic E-state index is 0.00876. The molecule has 0 aliphatic rings. The van der Waals surface area contributed by atoms with Gasteiger partial charge in [-0.1, -0.05) is 40.9 Å². The van der Waals surface area contributed by atoms with Gasteiger partial charge in [0.1, 0.15) is 14.0 Å². The molecule has 0 atom stereocenters. The van der Waals surface area contributed by atoms with Crippen molar-refractivity contribution in [1.82, 2.24) is 0 Å². The number of hydrogen-bond acceptors (Lipinski definition) is 7. The highest BCUT2D eigenvalue weighted by molar-refractivity contribution is 7.94. The van der Waals surface area contributed by atoms with Crippen molar-refractivity contribution in [2.24, 2.45) is 0 Å². The van der Waals surface area contributed by atoms with Crippen LogP contribution in [0.3, 0.4) is 0 Å². The van der Waals surface area contributed by atoms with E-state index in [0.717, 1.165) is 23.5 Å². The fourth-order valence-corrected chi connectivity index (χ4v) is 7.92. The first kappa shape index (κ1) is 24.1. The van der Waals surface area contributed by atoms with Gasteiger partial charge in [0.15, 0.2) is 0 Å². The average molecular weight is 562 g/mol. The van der Waals surface area contributed by atoms with Crippen LogP contribution in [0.15, 0.2) is 38.8 Å². The summed E-state index contributed by atoms with van der Waals surface area (Å²) in [4.78, 5) is 10.5. The molecule has 0 spiro atoms. The van der Waals surface area contributed by atoms with E-state index in [-0.39, 0.29) is 35.5 Å². The van der Waals surface area contributed by atoms with E-state index in [1.54, 1.807) is 5.38 Å². The SMILES string of the molecule is Cc1c(Cl)sc(C(=O)O)c1S(=O)(=O)Nc1cc(Cl)c(Cl)cc1NS(=O)(=O)c1cccs1. The largest absolute Gasteiger partial charge is 0.477 e. The second kappa shape index (κ2) is 8.77. The Labute approximate surface area is 200 Å². The number of aromatic carboxylic acids is 1. The Balaban J connectivity index is 2.10. The molecule has 0 saturated heterocycles. The molecule has 0 radical (unpaired) electrons. The fourth-order valence-electron chi connectivity index (χ4n) is 2.46. The fraction of sp³-hybridized carbons (Fsp3) is 0.0625. The lowest BCUT2D eigenvalue weighted by atomic mass is 10.3. The average Bonchev–Trinajstić information content (AvgIpc) is 3.29. The molecule has 0 bridgehead atoms. The Morgan fingerprint density at radius 1 is 1.00 bits per heavy atom. The topological polar surface area (TPSA) is 130 Å². The maximum atomic E-state index is 13.0. The molecule has 3 N–H and O–H groups in total. The van der Waals surface area contributed by atoms with E-state index in [1.807, 2.05) is 0 Å². The van der Waals surface area contributed by atoms with Crippen LogP contribution < -0.4 is 9.44 Å². The lowest BCUT2D eigenvalue weighted by Gasteiger charge is -2.16. The first-order chi connectivity index (χ1) is 14.3. The van der Waals surface area contributed by atoms with Crippen molar-refractivity contribution in [1.29, 1.82) is 0 Å². The smallest absolute Gasteiger partial charge is 0.347 e. The van der Waals surface area contributed by atoms with Gasteiger partial charge in [-0.3, -0.25) is 9.44 Å². The van der Waals surface area contributed by atoms with Crippen LogP contribution in [0.2, 0.25) is 14.4 Å². The first-order valence-corrected chi connectivity index (χ1v) is 13.7. The Morgan fingerprint density at radius 2 is 1.55 bits per heavy atom. The number of carboxylic acids is 1. The zero-order valence-electron chi connectivity index (χ0n) is 15.1. The molecule has 0 fully saturated rings. The van der Waals surface area contributed by atoms with Crippen LogP contribution in [0, 0.1) is 6.92 Å². The molecule has 3 aromatic rings. The predicted octanol–water partition coefficient (Wildman–Crippen LogP) is 5.38. The molecule has 15 heteroatoms. The quantitative estimate of drug-likeness (QED) is 0.355. The highest BCUT2D eigenvalue weighted by Crippen LogP contribution is 2.39. The zero-order chi connectivity index (χ0) is 23.1. The normalized spacial score (nSPS) is 12.0. The van der Waals surface area contributed by atoms with E-state index < -0.39 is 35.8 Å². The molecule has 1 aromatic carbocycles.